The van der Waals surface area contributed by atoms with Gasteiger partial charge in [-0.25, -0.2) is 4.79 Å². The molecule has 1 aromatic rings. The lowest BCUT2D eigenvalue weighted by atomic mass is 9.51. The Morgan fingerprint density at radius 1 is 1.29 bits per heavy atom. The molecule has 1 aromatic carbocycles. The number of nitrogens with one attached hydrogen (secondary N) is 1. The first kappa shape index (κ1) is 22.7. The first-order valence-electron chi connectivity index (χ1n) is 11.6. The van der Waals surface area contributed by atoms with Crippen molar-refractivity contribution in [1.82, 2.24) is 0 Å². The number of hydrogen-bond acceptors (Lipinski definition) is 7. The molecular formula is C25H30N2O7. The summed E-state index contributed by atoms with van der Waals surface area (Å²) in [5, 5.41) is 36.3. The summed E-state index contributed by atoms with van der Waals surface area (Å²) in [6.45, 7) is 4.32. The van der Waals surface area contributed by atoms with E-state index in [9.17, 15) is 24.9 Å². The minimum Gasteiger partial charge on any atom is -0.506 e. The van der Waals surface area contributed by atoms with Gasteiger partial charge in [0.25, 0.3) is 0 Å². The number of nitrogens with zero attached hydrogens (tertiary/aromatic N) is 1. The standard InChI is InChI=1S/C25H30N2O7/c1-23(8-7-18(29)26-19-15(28)5-4-14(20(19)30)22(31)32)17(27-33-3)6-9-25-11-13-10-16(21(23)25)34-24(13,2)12-25/h4-6,9,13,16,21,28,30H,7-8,10-12H2,1-3H3,(H,26,29)(H,31,32)/b27-17+/t13-,16+,21+,23-,24+,25+/m1/s1. The topological polar surface area (TPSA) is 138 Å². The fourth-order valence-corrected chi connectivity index (χ4v) is 7.34. The highest BCUT2D eigenvalue weighted by Crippen LogP contribution is 2.71. The number of amides is 1. The summed E-state index contributed by atoms with van der Waals surface area (Å²) in [4.78, 5) is 29.3. The fraction of sp³-hybridized carbons (Fsp3) is 0.560. The van der Waals surface area contributed by atoms with Crippen LogP contribution in [0.15, 0.2) is 29.4 Å². The Hall–Kier alpha value is -3.07. The molecule has 2 aliphatic heterocycles. The Bertz CT molecular complexity index is 1130. The molecule has 9 heteroatoms. The molecule has 0 aromatic heterocycles. The fourth-order valence-electron chi connectivity index (χ4n) is 7.34. The number of aromatic carboxylic acids is 1. The molecule has 34 heavy (non-hydrogen) atoms. The van der Waals surface area contributed by atoms with Crippen LogP contribution in [0.1, 0.15) is 56.3 Å². The summed E-state index contributed by atoms with van der Waals surface area (Å²) >= 11 is 0. The molecule has 4 N–H and O–H groups in total. The highest BCUT2D eigenvalue weighted by molar-refractivity contribution is 6.02. The van der Waals surface area contributed by atoms with Crippen molar-refractivity contribution in [2.24, 2.45) is 27.8 Å². The van der Waals surface area contributed by atoms with Crippen molar-refractivity contribution in [2.75, 3.05) is 12.4 Å². The normalized spacial score (nSPS) is 38.2. The third-order valence-electron chi connectivity index (χ3n) is 8.66. The Labute approximate surface area is 197 Å². The largest absolute Gasteiger partial charge is 0.506 e. The number of anilines is 1. The number of phenols is 2. The third-order valence-corrected chi connectivity index (χ3v) is 8.66. The van der Waals surface area contributed by atoms with E-state index in [0.717, 1.165) is 37.1 Å². The summed E-state index contributed by atoms with van der Waals surface area (Å²) in [5.41, 5.74) is -0.530. The Balaban J connectivity index is 1.40. The van der Waals surface area contributed by atoms with E-state index in [2.05, 4.69) is 30.4 Å². The number of carbonyl (C=O) groups is 2. The number of carboxylic acids is 1. The summed E-state index contributed by atoms with van der Waals surface area (Å²) in [5.74, 6) is -2.21. The SMILES string of the molecule is CO/N=C1\C=C[C@]23C[C@H]4C[C@H](O[C@@]4(C)C2)[C@H]3[C@]1(C)CCC(=O)Nc1c(O)ccc(C(=O)O)c1O. The second-order valence-electron chi connectivity index (χ2n) is 10.6. The van der Waals surface area contributed by atoms with Crippen molar-refractivity contribution < 1.29 is 34.5 Å². The van der Waals surface area contributed by atoms with Gasteiger partial charge < -0.3 is 30.2 Å². The zero-order valence-electron chi connectivity index (χ0n) is 19.5. The molecule has 0 unspecified atom stereocenters. The van der Waals surface area contributed by atoms with Crippen LogP contribution in [0.2, 0.25) is 0 Å². The number of oxime groups is 1. The molecular weight excluding hydrogens is 440 g/mol. The zero-order valence-corrected chi connectivity index (χ0v) is 19.5. The number of benzene rings is 1. The molecule has 1 spiro atoms. The van der Waals surface area contributed by atoms with Crippen LogP contribution in [0.3, 0.4) is 0 Å². The highest BCUT2D eigenvalue weighted by Gasteiger charge is 2.71. The lowest BCUT2D eigenvalue weighted by Crippen LogP contribution is -2.56. The molecule has 0 radical (unpaired) electrons. The van der Waals surface area contributed by atoms with E-state index >= 15 is 0 Å². The van der Waals surface area contributed by atoms with Crippen LogP contribution in [0.5, 0.6) is 11.5 Å². The van der Waals surface area contributed by atoms with Crippen LogP contribution in [0.4, 0.5) is 5.69 Å². The van der Waals surface area contributed by atoms with E-state index in [1.807, 2.05) is 6.08 Å². The van der Waals surface area contributed by atoms with Gasteiger partial charge in [0.15, 0.2) is 5.75 Å². The van der Waals surface area contributed by atoms with Gasteiger partial charge >= 0.3 is 5.97 Å². The van der Waals surface area contributed by atoms with E-state index in [1.165, 1.54) is 7.11 Å². The van der Waals surface area contributed by atoms with Gasteiger partial charge in [-0.1, -0.05) is 18.2 Å². The lowest BCUT2D eigenvalue weighted by molar-refractivity contribution is -0.146. The van der Waals surface area contributed by atoms with Gasteiger partial charge in [0.05, 0.1) is 17.4 Å². The Morgan fingerprint density at radius 2 is 2.06 bits per heavy atom. The summed E-state index contributed by atoms with van der Waals surface area (Å²) < 4.78 is 6.54. The number of aromatic hydroxyl groups is 2. The Morgan fingerprint density at radius 3 is 2.74 bits per heavy atom. The third kappa shape index (κ3) is 3.13. The molecule has 3 aliphatic carbocycles. The number of carbonyl (C=O) groups excluding carboxylic acids is 1. The number of phenolic OH excluding ortho intramolecular Hbond substituents is 1. The van der Waals surface area contributed by atoms with Gasteiger partial charge in [0.1, 0.15) is 24.1 Å². The van der Waals surface area contributed by atoms with Gasteiger partial charge in [-0.15, -0.1) is 0 Å². The molecule has 4 bridgehead atoms. The van der Waals surface area contributed by atoms with Crippen molar-refractivity contribution in [3.05, 3.63) is 29.8 Å². The van der Waals surface area contributed by atoms with Gasteiger partial charge in [-0.05, 0) is 62.1 Å². The van der Waals surface area contributed by atoms with Crippen molar-refractivity contribution in [3.8, 4) is 11.5 Å². The molecule has 5 aliphatic rings. The number of rotatable bonds is 6. The van der Waals surface area contributed by atoms with Gasteiger partial charge in [-0.3, -0.25) is 4.79 Å². The quantitative estimate of drug-likeness (QED) is 0.368. The summed E-state index contributed by atoms with van der Waals surface area (Å²) in [6.07, 6.45) is 7.92. The minimum atomic E-state index is -1.36. The second-order valence-corrected chi connectivity index (χ2v) is 10.6. The molecule has 6 atom stereocenters. The molecule has 1 amide bonds. The monoisotopic (exact) mass is 470 g/mol. The van der Waals surface area contributed by atoms with E-state index in [-0.39, 0.29) is 35.1 Å². The number of allylic oxidation sites excluding steroid dienone is 2. The molecule has 6 rings (SSSR count). The maximum atomic E-state index is 12.9. The molecule has 2 saturated carbocycles. The van der Waals surface area contributed by atoms with E-state index < -0.39 is 34.4 Å². The van der Waals surface area contributed by atoms with Crippen molar-refractivity contribution in [1.29, 1.82) is 0 Å². The van der Waals surface area contributed by atoms with Crippen LogP contribution in [-0.4, -0.2) is 51.7 Å². The number of carboxylic acid groups (broad SMARTS) is 1. The first-order valence-corrected chi connectivity index (χ1v) is 11.6. The van der Waals surface area contributed by atoms with Crippen LogP contribution < -0.4 is 5.32 Å². The summed E-state index contributed by atoms with van der Waals surface area (Å²) in [7, 11) is 1.50. The van der Waals surface area contributed by atoms with E-state index in [1.54, 1.807) is 0 Å². The van der Waals surface area contributed by atoms with Crippen molar-refractivity contribution in [3.63, 3.8) is 0 Å². The summed E-state index contributed by atoms with van der Waals surface area (Å²) in [6, 6.07) is 2.21. The van der Waals surface area contributed by atoms with Crippen LogP contribution in [0.25, 0.3) is 0 Å². The minimum absolute atomic E-state index is 0.00489. The maximum Gasteiger partial charge on any atom is 0.339 e. The smallest absolute Gasteiger partial charge is 0.339 e. The van der Waals surface area contributed by atoms with E-state index in [4.69, 9.17) is 9.57 Å². The van der Waals surface area contributed by atoms with Gasteiger partial charge in [0.2, 0.25) is 5.91 Å². The lowest BCUT2D eigenvalue weighted by Gasteiger charge is -2.56. The molecule has 182 valence electrons. The molecule has 2 heterocycles. The van der Waals surface area contributed by atoms with Crippen LogP contribution >= 0.6 is 0 Å². The average molecular weight is 471 g/mol. The number of hydrogen-bond donors (Lipinski definition) is 4. The van der Waals surface area contributed by atoms with Crippen LogP contribution in [0, 0.1) is 22.7 Å². The zero-order chi connectivity index (χ0) is 24.5. The molecule has 4 fully saturated rings. The molecule has 9 nitrogen and oxygen atoms in total. The van der Waals surface area contributed by atoms with Gasteiger partial charge in [-0.2, -0.15) is 0 Å². The second kappa shape index (κ2) is 7.46. The van der Waals surface area contributed by atoms with E-state index in [0.29, 0.717) is 12.3 Å². The Kier molecular flexibility index (Phi) is 4.99. The maximum absolute atomic E-state index is 12.9. The van der Waals surface area contributed by atoms with Crippen LogP contribution in [-0.2, 0) is 14.4 Å². The predicted octanol–water partition coefficient (Wildman–Crippen LogP) is 3.67. The molecule has 2 saturated heterocycles. The number of ether oxygens (including phenoxy) is 1. The van der Waals surface area contributed by atoms with Crippen molar-refractivity contribution >= 4 is 23.3 Å². The van der Waals surface area contributed by atoms with Gasteiger partial charge in [0, 0.05) is 17.8 Å². The highest BCUT2D eigenvalue weighted by atomic mass is 16.6. The average Bonchev–Trinajstić information content (AvgIpc) is 3.13. The van der Waals surface area contributed by atoms with Crippen molar-refractivity contribution in [2.45, 2.75) is 57.7 Å². The predicted molar refractivity (Wildman–Crippen MR) is 123 cm³/mol. The first-order chi connectivity index (χ1) is 16.0.